The summed E-state index contributed by atoms with van der Waals surface area (Å²) in [6.07, 6.45) is 7.42. The van der Waals surface area contributed by atoms with E-state index >= 15 is 0 Å². The number of fused-ring (bicyclic) bond motifs is 1. The standard InChI is InChI=1S/C18H15ClN4O2S2/c1-26-18-23-15(8-27-18)17(24)22-7-13-3-11-2-10(4-14(19)16(11)25-13)12-5-20-9-21-6-12/h2,4-6,8-9,13H,3,7H2,1H3,(H,22,24)/t13-/m1/s1. The van der Waals surface area contributed by atoms with Crippen molar-refractivity contribution in [2.24, 2.45) is 0 Å². The van der Waals surface area contributed by atoms with Gasteiger partial charge in [-0.05, 0) is 24.0 Å². The van der Waals surface area contributed by atoms with Crippen LogP contribution >= 0.6 is 34.7 Å². The Kier molecular flexibility index (Phi) is 5.29. The summed E-state index contributed by atoms with van der Waals surface area (Å²) in [4.78, 5) is 24.6. The zero-order valence-electron chi connectivity index (χ0n) is 14.3. The zero-order valence-corrected chi connectivity index (χ0v) is 16.7. The van der Waals surface area contributed by atoms with E-state index in [-0.39, 0.29) is 12.0 Å². The molecule has 4 rings (SSSR count). The van der Waals surface area contributed by atoms with Gasteiger partial charge in [0.1, 0.15) is 28.2 Å². The van der Waals surface area contributed by atoms with Crippen LogP contribution in [-0.2, 0) is 6.42 Å². The fourth-order valence-electron chi connectivity index (χ4n) is 2.87. The first-order chi connectivity index (χ1) is 13.1. The maximum absolute atomic E-state index is 12.2. The van der Waals surface area contributed by atoms with Gasteiger partial charge in [0, 0.05) is 35.3 Å². The minimum Gasteiger partial charge on any atom is -0.486 e. The zero-order chi connectivity index (χ0) is 18.8. The lowest BCUT2D eigenvalue weighted by Crippen LogP contribution is -2.34. The van der Waals surface area contributed by atoms with Crippen LogP contribution in [0, 0.1) is 0 Å². The van der Waals surface area contributed by atoms with Crippen LogP contribution < -0.4 is 10.1 Å². The Hall–Kier alpha value is -2.16. The third-order valence-corrected chi connectivity index (χ3v) is 6.27. The molecule has 1 aromatic carbocycles. The number of thioether (sulfide) groups is 1. The van der Waals surface area contributed by atoms with Crippen molar-refractivity contribution in [1.82, 2.24) is 20.3 Å². The quantitative estimate of drug-likeness (QED) is 0.636. The van der Waals surface area contributed by atoms with Crippen molar-refractivity contribution < 1.29 is 9.53 Å². The van der Waals surface area contributed by atoms with Crippen LogP contribution in [0.4, 0.5) is 0 Å². The lowest BCUT2D eigenvalue weighted by atomic mass is 10.0. The van der Waals surface area contributed by atoms with Crippen LogP contribution in [0.15, 0.2) is 40.6 Å². The number of nitrogens with zero attached hydrogens (tertiary/aromatic N) is 3. The van der Waals surface area contributed by atoms with Gasteiger partial charge in [-0.25, -0.2) is 15.0 Å². The topological polar surface area (TPSA) is 77.0 Å². The maximum atomic E-state index is 12.2. The van der Waals surface area contributed by atoms with Gasteiger partial charge in [-0.2, -0.15) is 0 Å². The molecule has 0 saturated carbocycles. The van der Waals surface area contributed by atoms with Crippen molar-refractivity contribution in [1.29, 1.82) is 0 Å². The van der Waals surface area contributed by atoms with Crippen LogP contribution in [0.25, 0.3) is 11.1 Å². The number of amides is 1. The molecule has 0 spiro atoms. The minimum atomic E-state index is -0.195. The monoisotopic (exact) mass is 418 g/mol. The van der Waals surface area contributed by atoms with Crippen LogP contribution in [-0.4, -0.2) is 39.8 Å². The summed E-state index contributed by atoms with van der Waals surface area (Å²) in [6, 6.07) is 3.88. The largest absolute Gasteiger partial charge is 0.486 e. The molecule has 1 atom stereocenters. The molecule has 3 heterocycles. The molecule has 9 heteroatoms. The number of aromatic nitrogens is 3. The molecule has 1 amide bonds. The summed E-state index contributed by atoms with van der Waals surface area (Å²) in [5, 5.41) is 5.19. The van der Waals surface area contributed by atoms with Gasteiger partial charge >= 0.3 is 0 Å². The van der Waals surface area contributed by atoms with E-state index in [1.165, 1.54) is 29.4 Å². The van der Waals surface area contributed by atoms with E-state index in [1.54, 1.807) is 17.8 Å². The molecule has 27 heavy (non-hydrogen) atoms. The van der Waals surface area contributed by atoms with Crippen molar-refractivity contribution in [3.05, 3.63) is 52.5 Å². The van der Waals surface area contributed by atoms with Gasteiger partial charge in [0.2, 0.25) is 0 Å². The van der Waals surface area contributed by atoms with E-state index < -0.39 is 0 Å². The lowest BCUT2D eigenvalue weighted by molar-refractivity contribution is 0.0929. The molecule has 1 aliphatic rings. The molecular weight excluding hydrogens is 404 g/mol. The molecule has 138 valence electrons. The number of nitrogens with one attached hydrogen (secondary N) is 1. The van der Waals surface area contributed by atoms with Crippen molar-refractivity contribution in [3.63, 3.8) is 0 Å². The Labute approximate surface area is 169 Å². The fraction of sp³-hybridized carbons (Fsp3) is 0.222. The number of halogens is 1. The Morgan fingerprint density at radius 1 is 1.37 bits per heavy atom. The number of hydrogen-bond acceptors (Lipinski definition) is 7. The Balaban J connectivity index is 1.43. The van der Waals surface area contributed by atoms with Gasteiger partial charge in [-0.1, -0.05) is 23.4 Å². The van der Waals surface area contributed by atoms with Crippen LogP contribution in [0.5, 0.6) is 5.75 Å². The number of ether oxygens (including phenoxy) is 1. The third kappa shape index (κ3) is 3.92. The highest BCUT2D eigenvalue weighted by molar-refractivity contribution is 8.00. The first-order valence-electron chi connectivity index (χ1n) is 8.16. The molecule has 1 N–H and O–H groups in total. The SMILES string of the molecule is CSc1nc(C(=O)NC[C@H]2Cc3cc(-c4cncnc4)cc(Cl)c3O2)cs1. The van der Waals surface area contributed by atoms with Crippen molar-refractivity contribution in [2.75, 3.05) is 12.8 Å². The summed E-state index contributed by atoms with van der Waals surface area (Å²) in [6.45, 7) is 0.389. The molecule has 0 fully saturated rings. The van der Waals surface area contributed by atoms with Gasteiger partial charge in [0.25, 0.3) is 5.91 Å². The van der Waals surface area contributed by atoms with Gasteiger partial charge < -0.3 is 10.1 Å². The highest BCUT2D eigenvalue weighted by atomic mass is 35.5. The van der Waals surface area contributed by atoms with Crippen LogP contribution in [0.1, 0.15) is 16.1 Å². The van der Waals surface area contributed by atoms with Crippen molar-refractivity contribution in [3.8, 4) is 16.9 Å². The van der Waals surface area contributed by atoms with E-state index in [0.717, 1.165) is 21.0 Å². The summed E-state index contributed by atoms with van der Waals surface area (Å²) in [5.41, 5.74) is 3.29. The molecule has 0 aliphatic carbocycles. The second-order valence-corrected chi connectivity index (χ2v) is 8.25. The molecule has 2 aromatic heterocycles. The van der Waals surface area contributed by atoms with Crippen LogP contribution in [0.3, 0.4) is 0 Å². The number of benzene rings is 1. The predicted molar refractivity (Wildman–Crippen MR) is 107 cm³/mol. The first-order valence-corrected chi connectivity index (χ1v) is 10.6. The average molecular weight is 419 g/mol. The lowest BCUT2D eigenvalue weighted by Gasteiger charge is -2.11. The Bertz CT molecular complexity index is 981. The highest BCUT2D eigenvalue weighted by Gasteiger charge is 2.27. The molecule has 0 saturated heterocycles. The van der Waals surface area contributed by atoms with Gasteiger partial charge in [-0.15, -0.1) is 11.3 Å². The van der Waals surface area contributed by atoms with E-state index in [1.807, 2.05) is 18.4 Å². The first kappa shape index (κ1) is 18.2. The van der Waals surface area contributed by atoms with Crippen LogP contribution in [0.2, 0.25) is 5.02 Å². The normalized spacial score (nSPS) is 15.3. The Morgan fingerprint density at radius 3 is 2.93 bits per heavy atom. The van der Waals surface area contributed by atoms with E-state index in [4.69, 9.17) is 16.3 Å². The van der Waals surface area contributed by atoms with Gasteiger partial charge in [0.15, 0.2) is 0 Å². The molecule has 1 aliphatic heterocycles. The number of rotatable bonds is 5. The number of hydrogen-bond donors (Lipinski definition) is 1. The van der Waals surface area contributed by atoms with Gasteiger partial charge in [0.05, 0.1) is 11.6 Å². The van der Waals surface area contributed by atoms with Crippen molar-refractivity contribution in [2.45, 2.75) is 16.9 Å². The number of carbonyl (C=O) groups excluding carboxylic acids is 1. The molecule has 0 radical (unpaired) electrons. The molecular formula is C18H15ClN4O2S2. The van der Waals surface area contributed by atoms with E-state index in [0.29, 0.717) is 29.4 Å². The van der Waals surface area contributed by atoms with Gasteiger partial charge in [-0.3, -0.25) is 4.79 Å². The highest BCUT2D eigenvalue weighted by Crippen LogP contribution is 2.39. The smallest absolute Gasteiger partial charge is 0.270 e. The third-order valence-electron chi connectivity index (χ3n) is 4.13. The molecule has 6 nitrogen and oxygen atoms in total. The average Bonchev–Trinajstić information content (AvgIpc) is 3.34. The minimum absolute atomic E-state index is 0.164. The summed E-state index contributed by atoms with van der Waals surface area (Å²) < 4.78 is 6.81. The number of carbonyl (C=O) groups is 1. The summed E-state index contributed by atoms with van der Waals surface area (Å²) in [7, 11) is 0. The number of thiazole rings is 1. The van der Waals surface area contributed by atoms with Crippen molar-refractivity contribution >= 4 is 40.6 Å². The summed E-state index contributed by atoms with van der Waals surface area (Å²) >= 11 is 9.38. The molecule has 3 aromatic rings. The Morgan fingerprint density at radius 2 is 2.19 bits per heavy atom. The van der Waals surface area contributed by atoms with E-state index in [2.05, 4.69) is 20.3 Å². The molecule has 0 bridgehead atoms. The maximum Gasteiger partial charge on any atom is 0.270 e. The second kappa shape index (κ2) is 7.84. The summed E-state index contributed by atoms with van der Waals surface area (Å²) in [5.74, 6) is 0.481. The fourth-order valence-corrected chi connectivity index (χ4v) is 4.39. The predicted octanol–water partition coefficient (Wildman–Crippen LogP) is 3.71. The van der Waals surface area contributed by atoms with E-state index in [9.17, 15) is 4.79 Å². The second-order valence-electron chi connectivity index (χ2n) is 5.93. The molecule has 0 unspecified atom stereocenters.